The van der Waals surface area contributed by atoms with Crippen molar-refractivity contribution in [1.82, 2.24) is 14.5 Å². The smallest absolute Gasteiger partial charge is 0.243 e. The second-order valence-electron chi connectivity index (χ2n) is 4.68. The lowest BCUT2D eigenvalue weighted by molar-refractivity contribution is 0.277. The summed E-state index contributed by atoms with van der Waals surface area (Å²) in [7, 11) is -3.49. The van der Waals surface area contributed by atoms with E-state index in [1.54, 1.807) is 0 Å². The molecule has 0 spiro atoms. The summed E-state index contributed by atoms with van der Waals surface area (Å²) in [4.78, 5) is 0.175. The zero-order chi connectivity index (χ0) is 14.3. The molecule has 1 unspecified atom stereocenters. The molecule has 0 aliphatic carbocycles. The Morgan fingerprint density at radius 1 is 1.47 bits per heavy atom. The number of unbranched alkanes of at least 4 members (excludes halogenated alkanes) is 1. The van der Waals surface area contributed by atoms with Crippen LogP contribution in [-0.2, 0) is 16.6 Å². The van der Waals surface area contributed by atoms with Crippen LogP contribution in [0.3, 0.4) is 0 Å². The number of aryl methyl sites for hydroxylation is 1. The lowest BCUT2D eigenvalue weighted by atomic mass is 10.2. The van der Waals surface area contributed by atoms with Crippen molar-refractivity contribution >= 4 is 10.0 Å². The van der Waals surface area contributed by atoms with Crippen LogP contribution in [-0.4, -0.2) is 36.0 Å². The predicted octanol–water partition coefficient (Wildman–Crippen LogP) is 1.12. The van der Waals surface area contributed by atoms with Crippen LogP contribution in [0.4, 0.5) is 0 Å². The van der Waals surface area contributed by atoms with Crippen LogP contribution < -0.4 is 4.72 Å². The second-order valence-corrected chi connectivity index (χ2v) is 6.39. The Morgan fingerprint density at radius 2 is 2.21 bits per heavy atom. The van der Waals surface area contributed by atoms with Gasteiger partial charge in [0.25, 0.3) is 0 Å². The van der Waals surface area contributed by atoms with Gasteiger partial charge in [0, 0.05) is 25.4 Å². The third-order valence-corrected chi connectivity index (χ3v) is 4.36. The molecule has 0 radical (unpaired) electrons. The first-order chi connectivity index (χ1) is 8.99. The van der Waals surface area contributed by atoms with Gasteiger partial charge in [0.2, 0.25) is 10.0 Å². The normalized spacial score (nSPS) is 13.6. The molecule has 1 aromatic rings. The molecule has 1 atom stereocenters. The van der Waals surface area contributed by atoms with Crippen LogP contribution in [0.2, 0.25) is 0 Å². The van der Waals surface area contributed by atoms with Crippen molar-refractivity contribution in [2.24, 2.45) is 0 Å². The van der Waals surface area contributed by atoms with Crippen LogP contribution in [0, 0.1) is 0 Å². The lowest BCUT2D eigenvalue weighted by Gasteiger charge is -2.12. The fourth-order valence-electron chi connectivity index (χ4n) is 1.74. The molecule has 110 valence electrons. The number of aromatic nitrogens is 2. The molecule has 7 heteroatoms. The molecule has 1 aromatic heterocycles. The molecule has 0 fully saturated rings. The minimum Gasteiger partial charge on any atom is -0.396 e. The number of aliphatic hydroxyl groups excluding tert-OH is 1. The van der Waals surface area contributed by atoms with Crippen molar-refractivity contribution in [3.05, 3.63) is 12.4 Å². The lowest BCUT2D eigenvalue weighted by Crippen LogP contribution is -2.32. The summed E-state index contributed by atoms with van der Waals surface area (Å²) in [6.45, 7) is 4.52. The van der Waals surface area contributed by atoms with Crippen LogP contribution in [0.25, 0.3) is 0 Å². The second kappa shape index (κ2) is 7.62. The molecule has 0 aromatic carbocycles. The van der Waals surface area contributed by atoms with E-state index in [1.165, 1.54) is 17.1 Å². The van der Waals surface area contributed by atoms with Gasteiger partial charge in [-0.15, -0.1) is 0 Å². The van der Waals surface area contributed by atoms with Crippen molar-refractivity contribution in [3.8, 4) is 0 Å². The summed E-state index contributed by atoms with van der Waals surface area (Å²) in [6, 6.07) is -0.0780. The van der Waals surface area contributed by atoms with E-state index < -0.39 is 10.0 Å². The molecule has 1 rings (SSSR count). The van der Waals surface area contributed by atoms with E-state index in [4.69, 9.17) is 5.11 Å². The highest BCUT2D eigenvalue weighted by Gasteiger charge is 2.18. The zero-order valence-electron chi connectivity index (χ0n) is 11.5. The Labute approximate surface area is 114 Å². The summed E-state index contributed by atoms with van der Waals surface area (Å²) >= 11 is 0. The van der Waals surface area contributed by atoms with Gasteiger partial charge >= 0.3 is 0 Å². The molecule has 19 heavy (non-hydrogen) atoms. The summed E-state index contributed by atoms with van der Waals surface area (Å²) < 4.78 is 28.3. The zero-order valence-corrected chi connectivity index (χ0v) is 12.4. The van der Waals surface area contributed by atoms with Gasteiger partial charge in [-0.3, -0.25) is 4.68 Å². The Morgan fingerprint density at radius 3 is 2.84 bits per heavy atom. The molecule has 0 amide bonds. The fraction of sp³-hybridized carbons (Fsp3) is 0.750. The van der Waals surface area contributed by atoms with E-state index in [2.05, 4.69) is 16.7 Å². The highest BCUT2D eigenvalue weighted by Crippen LogP contribution is 2.10. The Kier molecular flexibility index (Phi) is 6.47. The van der Waals surface area contributed by atoms with Crippen molar-refractivity contribution < 1.29 is 13.5 Å². The third kappa shape index (κ3) is 5.30. The summed E-state index contributed by atoms with van der Waals surface area (Å²) in [6.07, 6.45) is 6.26. The number of hydrogen-bond acceptors (Lipinski definition) is 4. The van der Waals surface area contributed by atoms with Gasteiger partial charge < -0.3 is 5.11 Å². The SMILES string of the molecule is CCCCC(C)NS(=O)(=O)c1cnn(CCCO)c1. The molecular weight excluding hydrogens is 266 g/mol. The van der Waals surface area contributed by atoms with E-state index in [0.29, 0.717) is 13.0 Å². The van der Waals surface area contributed by atoms with E-state index in [1.807, 2.05) is 6.92 Å². The largest absolute Gasteiger partial charge is 0.396 e. The molecule has 6 nitrogen and oxygen atoms in total. The maximum absolute atomic E-state index is 12.1. The molecule has 0 aliphatic rings. The van der Waals surface area contributed by atoms with Crippen molar-refractivity contribution in [2.45, 2.75) is 57.0 Å². The number of rotatable bonds is 9. The van der Waals surface area contributed by atoms with Crippen LogP contribution in [0.5, 0.6) is 0 Å². The average molecular weight is 289 g/mol. The van der Waals surface area contributed by atoms with Crippen molar-refractivity contribution in [2.75, 3.05) is 6.61 Å². The minimum absolute atomic E-state index is 0.0637. The number of aliphatic hydroxyl groups is 1. The number of hydrogen-bond donors (Lipinski definition) is 2. The first-order valence-electron chi connectivity index (χ1n) is 6.65. The van der Waals surface area contributed by atoms with Gasteiger partial charge in [-0.1, -0.05) is 19.8 Å². The van der Waals surface area contributed by atoms with Crippen molar-refractivity contribution in [1.29, 1.82) is 0 Å². The topological polar surface area (TPSA) is 84.2 Å². The Balaban J connectivity index is 2.63. The molecule has 0 aliphatic heterocycles. The minimum atomic E-state index is -3.49. The number of nitrogens with zero attached hydrogens (tertiary/aromatic N) is 2. The van der Waals surface area contributed by atoms with Gasteiger partial charge in [0.1, 0.15) is 4.90 Å². The molecule has 0 saturated carbocycles. The molecule has 0 saturated heterocycles. The molecular formula is C12H23N3O3S. The van der Waals surface area contributed by atoms with Gasteiger partial charge in [-0.2, -0.15) is 5.10 Å². The number of sulfonamides is 1. The standard InChI is InChI=1S/C12H23N3O3S/c1-3-4-6-11(2)14-19(17,18)12-9-13-15(10-12)7-5-8-16/h9-11,14,16H,3-8H2,1-2H3. The van der Waals surface area contributed by atoms with E-state index in [0.717, 1.165) is 19.3 Å². The molecule has 1 heterocycles. The summed E-state index contributed by atoms with van der Waals surface area (Å²) in [5.41, 5.74) is 0. The first-order valence-corrected chi connectivity index (χ1v) is 8.13. The van der Waals surface area contributed by atoms with Crippen LogP contribution in [0.1, 0.15) is 39.5 Å². The summed E-state index contributed by atoms with van der Waals surface area (Å²) in [5, 5.41) is 12.7. The van der Waals surface area contributed by atoms with Gasteiger partial charge in [0.15, 0.2) is 0 Å². The predicted molar refractivity (Wildman–Crippen MR) is 73.2 cm³/mol. The quantitative estimate of drug-likeness (QED) is 0.713. The molecule has 0 bridgehead atoms. The van der Waals surface area contributed by atoms with Gasteiger partial charge in [0.05, 0.1) is 6.20 Å². The maximum Gasteiger partial charge on any atom is 0.243 e. The highest BCUT2D eigenvalue weighted by molar-refractivity contribution is 7.89. The van der Waals surface area contributed by atoms with E-state index in [-0.39, 0.29) is 17.5 Å². The first kappa shape index (κ1) is 16.1. The highest BCUT2D eigenvalue weighted by atomic mass is 32.2. The van der Waals surface area contributed by atoms with E-state index >= 15 is 0 Å². The van der Waals surface area contributed by atoms with E-state index in [9.17, 15) is 8.42 Å². The number of nitrogens with one attached hydrogen (secondary N) is 1. The Hall–Kier alpha value is -0.920. The summed E-state index contributed by atoms with van der Waals surface area (Å²) in [5.74, 6) is 0. The third-order valence-electron chi connectivity index (χ3n) is 2.81. The fourth-order valence-corrected chi connectivity index (χ4v) is 2.97. The average Bonchev–Trinajstić information content (AvgIpc) is 2.83. The molecule has 2 N–H and O–H groups in total. The van der Waals surface area contributed by atoms with Gasteiger partial charge in [-0.25, -0.2) is 13.1 Å². The van der Waals surface area contributed by atoms with Crippen LogP contribution in [0.15, 0.2) is 17.3 Å². The van der Waals surface area contributed by atoms with Gasteiger partial charge in [-0.05, 0) is 19.8 Å². The van der Waals surface area contributed by atoms with Crippen molar-refractivity contribution in [3.63, 3.8) is 0 Å². The maximum atomic E-state index is 12.1. The van der Waals surface area contributed by atoms with Crippen LogP contribution >= 0.6 is 0 Å². The monoisotopic (exact) mass is 289 g/mol. The Bertz CT molecular complexity index is 470.